The van der Waals surface area contributed by atoms with Gasteiger partial charge in [0.15, 0.2) is 0 Å². The van der Waals surface area contributed by atoms with Gasteiger partial charge in [-0.25, -0.2) is 4.98 Å². The van der Waals surface area contributed by atoms with E-state index in [0.717, 1.165) is 165 Å². The van der Waals surface area contributed by atoms with Gasteiger partial charge >= 0.3 is 0 Å². The summed E-state index contributed by atoms with van der Waals surface area (Å²) < 4.78 is 13.2. The quantitative estimate of drug-likeness (QED) is 0.139. The van der Waals surface area contributed by atoms with Crippen LogP contribution >= 0.6 is 0 Å². The van der Waals surface area contributed by atoms with Crippen molar-refractivity contribution in [3.63, 3.8) is 0 Å². The van der Waals surface area contributed by atoms with Crippen LogP contribution < -0.4 is 0 Å². The van der Waals surface area contributed by atoms with Crippen molar-refractivity contribution in [3.8, 4) is 102 Å². The molecule has 460 valence electrons. The number of furan rings is 2. The summed E-state index contributed by atoms with van der Waals surface area (Å²) in [5.74, 6) is 0. The molecule has 100 heavy (non-hydrogen) atoms. The largest absolute Gasteiger partial charge is 0.456 e. The summed E-state index contributed by atoms with van der Waals surface area (Å²) in [6.07, 6.45) is 3.70. The molecule has 0 saturated heterocycles. The molecule has 0 spiro atoms. The Hall–Kier alpha value is -13.9. The molecule has 0 N–H and O–H groups in total. The number of para-hydroxylation sites is 1. The van der Waals surface area contributed by atoms with Crippen molar-refractivity contribution in [1.29, 1.82) is 10.5 Å². The monoisotopic (exact) mass is 1270 g/mol. The van der Waals surface area contributed by atoms with E-state index in [1.807, 2.05) is 73.1 Å². The predicted octanol–water partition coefficient (Wildman–Crippen LogP) is 24.8. The van der Waals surface area contributed by atoms with Crippen molar-refractivity contribution in [1.82, 2.24) is 15.0 Å². The van der Waals surface area contributed by atoms with E-state index in [9.17, 15) is 10.5 Å². The van der Waals surface area contributed by atoms with Gasteiger partial charge < -0.3 is 8.83 Å². The summed E-state index contributed by atoms with van der Waals surface area (Å²) in [4.78, 5) is 15.2. The lowest BCUT2D eigenvalue weighted by atomic mass is 9.86. The molecule has 0 amide bonds. The Labute approximate surface area is 572 Å². The van der Waals surface area contributed by atoms with E-state index in [0.29, 0.717) is 28.0 Å². The fourth-order valence-corrected chi connectivity index (χ4v) is 15.7. The number of aromatic nitrogens is 3. The van der Waals surface area contributed by atoms with Gasteiger partial charge in [0.1, 0.15) is 22.3 Å². The van der Waals surface area contributed by atoms with Crippen LogP contribution in [0.3, 0.4) is 0 Å². The van der Waals surface area contributed by atoms with Gasteiger partial charge in [-0.3, -0.25) is 9.97 Å². The van der Waals surface area contributed by atoms with Crippen molar-refractivity contribution in [2.45, 2.75) is 0 Å². The Morgan fingerprint density at radius 1 is 0.240 bits per heavy atom. The fourth-order valence-electron chi connectivity index (χ4n) is 15.7. The Kier molecular flexibility index (Phi) is 12.6. The summed E-state index contributed by atoms with van der Waals surface area (Å²) in [5, 5.41) is 39.2. The maximum atomic E-state index is 10.8. The van der Waals surface area contributed by atoms with E-state index in [-0.39, 0.29) is 0 Å². The molecule has 5 heterocycles. The van der Waals surface area contributed by atoms with Crippen LogP contribution in [0.2, 0.25) is 0 Å². The molecule has 15 aromatic carbocycles. The molecule has 7 heteroatoms. The van der Waals surface area contributed by atoms with Crippen molar-refractivity contribution < 1.29 is 8.83 Å². The smallest absolute Gasteiger partial charge is 0.144 e. The lowest BCUT2D eigenvalue weighted by Gasteiger charge is -2.17. The second kappa shape index (κ2) is 22.4. The van der Waals surface area contributed by atoms with Crippen LogP contribution in [0, 0.1) is 22.7 Å². The number of pyridine rings is 3. The van der Waals surface area contributed by atoms with Gasteiger partial charge in [0.25, 0.3) is 0 Å². The lowest BCUT2D eigenvalue weighted by Crippen LogP contribution is -1.93. The Morgan fingerprint density at radius 3 is 1.27 bits per heavy atom. The van der Waals surface area contributed by atoms with Gasteiger partial charge in [-0.05, 0) is 242 Å². The molecular formula is C93H51N5O2. The zero-order chi connectivity index (χ0) is 66.1. The van der Waals surface area contributed by atoms with E-state index in [1.165, 1.54) is 27.1 Å². The lowest BCUT2D eigenvalue weighted by molar-refractivity contribution is 0.669. The number of hydrogen-bond donors (Lipinski definition) is 0. The normalized spacial score (nSPS) is 11.8. The zero-order valence-corrected chi connectivity index (χ0v) is 53.5. The van der Waals surface area contributed by atoms with Crippen LogP contribution in [0.5, 0.6) is 0 Å². The molecule has 0 aliphatic carbocycles. The molecule has 0 unspecified atom stereocenters. The third-order valence-corrected chi connectivity index (χ3v) is 20.3. The number of benzene rings is 15. The van der Waals surface area contributed by atoms with Crippen LogP contribution in [0.15, 0.2) is 318 Å². The van der Waals surface area contributed by atoms with Crippen molar-refractivity contribution in [3.05, 3.63) is 321 Å². The van der Waals surface area contributed by atoms with Crippen molar-refractivity contribution in [2.24, 2.45) is 0 Å². The molecule has 7 nitrogen and oxygen atoms in total. The Balaban J connectivity index is 0.701. The molecule has 0 radical (unpaired) electrons. The zero-order valence-electron chi connectivity index (χ0n) is 53.5. The van der Waals surface area contributed by atoms with Crippen molar-refractivity contribution >= 4 is 119 Å². The highest BCUT2D eigenvalue weighted by Gasteiger charge is 2.23. The number of hydrogen-bond acceptors (Lipinski definition) is 7. The summed E-state index contributed by atoms with van der Waals surface area (Å²) in [5.41, 5.74) is 20.8. The van der Waals surface area contributed by atoms with E-state index in [4.69, 9.17) is 23.8 Å². The minimum atomic E-state index is 0.506. The molecule has 5 aromatic heterocycles. The molecule has 0 aliphatic heterocycles. The maximum absolute atomic E-state index is 10.8. The summed E-state index contributed by atoms with van der Waals surface area (Å²) in [7, 11) is 0. The predicted molar refractivity (Wildman–Crippen MR) is 410 cm³/mol. The first-order valence-corrected chi connectivity index (χ1v) is 33.4. The highest BCUT2D eigenvalue weighted by atomic mass is 16.3. The third kappa shape index (κ3) is 9.01. The topological polar surface area (TPSA) is 113 Å². The van der Waals surface area contributed by atoms with Crippen molar-refractivity contribution in [2.75, 3.05) is 0 Å². The highest BCUT2D eigenvalue weighted by Crippen LogP contribution is 2.48. The number of rotatable bonds is 8. The Morgan fingerprint density at radius 2 is 0.680 bits per heavy atom. The summed E-state index contributed by atoms with van der Waals surface area (Å²) in [6, 6.07) is 110. The van der Waals surface area contributed by atoms with E-state index >= 15 is 0 Å². The van der Waals surface area contributed by atoms with Crippen LogP contribution in [-0.4, -0.2) is 15.0 Å². The van der Waals surface area contributed by atoms with Gasteiger partial charge in [-0.1, -0.05) is 170 Å². The molecule has 0 atom stereocenters. The fraction of sp³-hybridized carbons (Fsp3) is 0. The van der Waals surface area contributed by atoms with Crippen LogP contribution in [0.25, 0.3) is 209 Å². The van der Waals surface area contributed by atoms with E-state index in [2.05, 4.69) is 243 Å². The molecule has 0 aliphatic rings. The Bertz CT molecular complexity index is 6990. The maximum Gasteiger partial charge on any atom is 0.144 e. The highest BCUT2D eigenvalue weighted by molar-refractivity contribution is 6.26. The summed E-state index contributed by atoms with van der Waals surface area (Å²) in [6.45, 7) is 0. The number of nitriles is 2. The number of fused-ring (bicyclic) bond motifs is 17. The first-order chi connectivity index (χ1) is 49.4. The van der Waals surface area contributed by atoms with Gasteiger partial charge in [0.05, 0.1) is 45.9 Å². The third-order valence-electron chi connectivity index (χ3n) is 20.3. The van der Waals surface area contributed by atoms with E-state index < -0.39 is 0 Å². The molecule has 0 saturated carbocycles. The molecular weight excluding hydrogens is 1220 g/mol. The van der Waals surface area contributed by atoms with Gasteiger partial charge in [-0.2, -0.15) is 10.5 Å². The number of nitrogens with zero attached hydrogens (tertiary/aromatic N) is 5. The average Bonchev–Trinajstić information content (AvgIpc) is 0.848. The van der Waals surface area contributed by atoms with Gasteiger partial charge in [0, 0.05) is 61.6 Å². The SMILES string of the molecule is N#Cc1ccc2oc3ccc(-c4cc5c6ccccc6c(-c6cc(-c7ccccn7)cc(-c7cccc(-c8cc(C#N)cc9c8oc8ccc(-c%10cc%11c%12ccccc%12c(-c%12ccc(-c%13cccc%14cccnc%13%14)cc%12)cc%11c%11ccccc%10%11)cc89)n7)c6)cc5c5ccccc45)cc3c2c1. The first-order valence-electron chi connectivity index (χ1n) is 33.4. The standard InChI is InChI=1S/C93H51N5O2/c94-52-54-28-35-89-81(40-54)82-46-59(33-36-90(82)99-89)74-49-79-72-23-8-4-19-68(72)76(51-80(79)71-22-7-3-18-67(71)74)61-43-62(86-25-9-10-38-96-86)45-63(44-61)87-26-12-27-88(98-87)85-42-55(53-95)41-84-83-47-60(34-37-91(83)100-93(84)85)75-50-78-69-20-5-1-16-65(69)73(48-77(78)70-21-6-2-17-66(70)75)57-31-29-56(30-32-57)64-24-11-14-58-15-13-39-97-92(58)64/h1-51H. The van der Waals surface area contributed by atoms with Crippen LogP contribution in [0.1, 0.15) is 11.1 Å². The van der Waals surface area contributed by atoms with Gasteiger partial charge in [0.2, 0.25) is 0 Å². The second-order valence-electron chi connectivity index (χ2n) is 25.9. The first kappa shape index (κ1) is 56.5. The van der Waals surface area contributed by atoms with Gasteiger partial charge in [-0.15, -0.1) is 0 Å². The minimum absolute atomic E-state index is 0.506. The van der Waals surface area contributed by atoms with E-state index in [1.54, 1.807) is 6.07 Å². The molecule has 0 fully saturated rings. The molecule has 20 aromatic rings. The average molecular weight is 1270 g/mol. The molecule has 20 rings (SSSR count). The van der Waals surface area contributed by atoms with Crippen LogP contribution in [0.4, 0.5) is 0 Å². The van der Waals surface area contributed by atoms with Crippen LogP contribution in [-0.2, 0) is 0 Å². The minimum Gasteiger partial charge on any atom is -0.456 e. The molecule has 0 bridgehead atoms. The summed E-state index contributed by atoms with van der Waals surface area (Å²) >= 11 is 0. The second-order valence-corrected chi connectivity index (χ2v) is 25.9.